The zero-order valence-corrected chi connectivity index (χ0v) is 14.3. The molecule has 0 saturated heterocycles. The van der Waals surface area contributed by atoms with Gasteiger partial charge in [-0.05, 0) is 19.3 Å². The average Bonchev–Trinajstić information content (AvgIpc) is 3.44. The number of benzene rings is 1. The van der Waals surface area contributed by atoms with Crippen molar-refractivity contribution in [3.8, 4) is 0 Å². The maximum Gasteiger partial charge on any atom is 0.360 e. The van der Waals surface area contributed by atoms with E-state index in [4.69, 9.17) is 14.3 Å². The lowest BCUT2D eigenvalue weighted by molar-refractivity contribution is -0.151. The van der Waals surface area contributed by atoms with Gasteiger partial charge in [-0.1, -0.05) is 42.8 Å². The quantitative estimate of drug-likeness (QED) is 0.415. The van der Waals surface area contributed by atoms with E-state index in [0.717, 1.165) is 24.8 Å². The molecule has 0 amide bonds. The first kappa shape index (κ1) is 18.0. The molecular weight excluding hydrogens is 310 g/mol. The summed E-state index contributed by atoms with van der Waals surface area (Å²) in [5, 5.41) is 3.80. The van der Waals surface area contributed by atoms with Gasteiger partial charge in [0.05, 0.1) is 13.0 Å². The van der Waals surface area contributed by atoms with Crippen molar-refractivity contribution in [3.05, 3.63) is 35.4 Å². The Balaban J connectivity index is 2.37. The van der Waals surface area contributed by atoms with Gasteiger partial charge in [0.1, 0.15) is 13.2 Å². The predicted octanol–water partition coefficient (Wildman–Crippen LogP) is 3.00. The monoisotopic (exact) mass is 333 g/mol. The third-order valence-electron chi connectivity index (χ3n) is 3.84. The maximum absolute atomic E-state index is 12.1. The van der Waals surface area contributed by atoms with Crippen molar-refractivity contribution in [1.29, 1.82) is 0 Å². The number of carbonyl (C=O) groups is 2. The fraction of sp³-hybridized carbons (Fsp3) is 0.500. The van der Waals surface area contributed by atoms with Crippen molar-refractivity contribution in [2.75, 3.05) is 14.2 Å². The smallest absolute Gasteiger partial charge is 0.360 e. The molecule has 130 valence electrons. The highest BCUT2D eigenvalue weighted by atomic mass is 16.6. The molecule has 0 heterocycles. The van der Waals surface area contributed by atoms with Crippen molar-refractivity contribution in [2.45, 2.75) is 38.7 Å². The number of hydrogen-bond acceptors (Lipinski definition) is 6. The molecule has 0 aliphatic heterocycles. The number of methoxy groups -OCH3 is 1. The topological polar surface area (TPSA) is 74.2 Å². The van der Waals surface area contributed by atoms with Gasteiger partial charge in [0.15, 0.2) is 5.71 Å². The van der Waals surface area contributed by atoms with E-state index in [-0.39, 0.29) is 17.6 Å². The minimum atomic E-state index is -0.604. The highest BCUT2D eigenvalue weighted by Gasteiger charge is 2.34. The zero-order valence-electron chi connectivity index (χ0n) is 14.3. The van der Waals surface area contributed by atoms with Crippen molar-refractivity contribution in [2.24, 2.45) is 11.1 Å². The van der Waals surface area contributed by atoms with Crippen molar-refractivity contribution >= 4 is 17.7 Å². The molecule has 1 aromatic carbocycles. The lowest BCUT2D eigenvalue weighted by atomic mass is 9.96. The van der Waals surface area contributed by atoms with Crippen molar-refractivity contribution < 1.29 is 23.9 Å². The Hall–Kier alpha value is -2.37. The fourth-order valence-corrected chi connectivity index (χ4v) is 2.47. The molecule has 1 unspecified atom stereocenters. The van der Waals surface area contributed by atoms with Crippen LogP contribution in [0.25, 0.3) is 0 Å². The van der Waals surface area contributed by atoms with Crippen LogP contribution in [0.3, 0.4) is 0 Å². The number of carbonyl (C=O) groups excluding carboxylic acids is 2. The Morgan fingerprint density at radius 2 is 1.96 bits per heavy atom. The molecule has 0 aromatic heterocycles. The molecule has 1 aliphatic carbocycles. The Morgan fingerprint density at radius 1 is 1.25 bits per heavy atom. The van der Waals surface area contributed by atoms with E-state index in [0.29, 0.717) is 12.0 Å². The van der Waals surface area contributed by atoms with E-state index in [1.165, 1.54) is 14.2 Å². The second kappa shape index (κ2) is 8.47. The molecule has 24 heavy (non-hydrogen) atoms. The molecule has 0 N–H and O–H groups in total. The van der Waals surface area contributed by atoms with Gasteiger partial charge in [-0.2, -0.15) is 0 Å². The molecular formula is C18H23NO5. The molecule has 6 nitrogen and oxygen atoms in total. The zero-order chi connectivity index (χ0) is 17.5. The van der Waals surface area contributed by atoms with Gasteiger partial charge < -0.3 is 14.3 Å². The number of oxime groups is 1. The summed E-state index contributed by atoms with van der Waals surface area (Å²) >= 11 is 0. The number of nitrogens with zero attached hydrogens (tertiary/aromatic N) is 1. The van der Waals surface area contributed by atoms with Gasteiger partial charge in [-0.25, -0.2) is 4.79 Å². The second-order valence-electron chi connectivity index (χ2n) is 5.69. The number of ether oxygens (including phenoxy) is 2. The molecule has 2 rings (SSSR count). The Kier molecular flexibility index (Phi) is 6.35. The fourth-order valence-electron chi connectivity index (χ4n) is 2.47. The van der Waals surface area contributed by atoms with Crippen LogP contribution in [0.1, 0.15) is 49.8 Å². The third-order valence-corrected chi connectivity index (χ3v) is 3.84. The summed E-state index contributed by atoms with van der Waals surface area (Å²) in [5.74, 6) is -0.760. The van der Waals surface area contributed by atoms with Gasteiger partial charge in [-0.15, -0.1) is 0 Å². The minimum absolute atomic E-state index is 0.0178. The number of hydrogen-bond donors (Lipinski definition) is 0. The third kappa shape index (κ3) is 4.34. The van der Waals surface area contributed by atoms with Crippen LogP contribution in [-0.4, -0.2) is 31.9 Å². The first-order chi connectivity index (χ1) is 11.6. The van der Waals surface area contributed by atoms with Crippen LogP contribution in [-0.2, 0) is 23.9 Å². The first-order valence-corrected chi connectivity index (χ1v) is 8.11. The highest BCUT2D eigenvalue weighted by Crippen LogP contribution is 2.34. The summed E-state index contributed by atoms with van der Waals surface area (Å²) in [6.45, 7) is 2.02. The largest absolute Gasteiger partial charge is 0.464 e. The molecule has 1 atom stereocenters. The molecule has 0 bridgehead atoms. The van der Waals surface area contributed by atoms with Gasteiger partial charge in [0.25, 0.3) is 0 Å². The molecule has 1 saturated carbocycles. The van der Waals surface area contributed by atoms with Gasteiger partial charge >= 0.3 is 11.9 Å². The standard InChI is InChI=1S/C18H23NO5/c1-4-7-15(24-17(20)12-10-11-12)13-8-5-6-9-14(13)16(19-23-3)18(21)22-2/h5-6,8-9,12,15H,4,7,10-11H2,1-3H3. The van der Waals surface area contributed by atoms with Crippen LogP contribution in [0.5, 0.6) is 0 Å². The normalized spacial score (nSPS) is 15.5. The Morgan fingerprint density at radius 3 is 2.54 bits per heavy atom. The van der Waals surface area contributed by atoms with Crippen molar-refractivity contribution in [1.82, 2.24) is 0 Å². The van der Waals surface area contributed by atoms with Gasteiger partial charge in [0.2, 0.25) is 0 Å². The summed E-state index contributed by atoms with van der Waals surface area (Å²) in [5.41, 5.74) is 1.34. The van der Waals surface area contributed by atoms with Gasteiger partial charge in [0, 0.05) is 11.1 Å². The highest BCUT2D eigenvalue weighted by molar-refractivity contribution is 6.43. The number of rotatable bonds is 8. The van der Waals surface area contributed by atoms with Crippen LogP contribution < -0.4 is 0 Å². The van der Waals surface area contributed by atoms with Crippen LogP contribution in [0.15, 0.2) is 29.4 Å². The molecule has 1 aromatic rings. The summed E-state index contributed by atoms with van der Waals surface area (Å²) < 4.78 is 10.5. The average molecular weight is 333 g/mol. The maximum atomic E-state index is 12.1. The Labute approximate surface area is 141 Å². The molecule has 0 spiro atoms. The number of esters is 2. The SMILES string of the molecule is CCCC(OC(=O)C1CC1)c1ccccc1C(=NOC)C(=O)OC. The predicted molar refractivity (Wildman–Crippen MR) is 88.5 cm³/mol. The van der Waals surface area contributed by atoms with Crippen LogP contribution in [0.2, 0.25) is 0 Å². The summed E-state index contributed by atoms with van der Waals surface area (Å²) in [6, 6.07) is 7.22. The van der Waals surface area contributed by atoms with E-state index in [9.17, 15) is 9.59 Å². The lowest BCUT2D eigenvalue weighted by Crippen LogP contribution is -2.22. The van der Waals surface area contributed by atoms with E-state index in [1.54, 1.807) is 12.1 Å². The molecule has 6 heteroatoms. The van der Waals surface area contributed by atoms with E-state index in [2.05, 4.69) is 5.16 Å². The van der Waals surface area contributed by atoms with E-state index in [1.807, 2.05) is 19.1 Å². The minimum Gasteiger partial charge on any atom is -0.464 e. The summed E-state index contributed by atoms with van der Waals surface area (Å²) in [4.78, 5) is 28.9. The van der Waals surface area contributed by atoms with Crippen LogP contribution in [0.4, 0.5) is 0 Å². The Bertz CT molecular complexity index is 622. The van der Waals surface area contributed by atoms with E-state index < -0.39 is 12.1 Å². The second-order valence-corrected chi connectivity index (χ2v) is 5.69. The summed E-state index contributed by atoms with van der Waals surface area (Å²) in [6.07, 6.45) is 2.85. The molecule has 1 fully saturated rings. The van der Waals surface area contributed by atoms with Crippen molar-refractivity contribution in [3.63, 3.8) is 0 Å². The van der Waals surface area contributed by atoms with Crippen LogP contribution >= 0.6 is 0 Å². The molecule has 0 radical (unpaired) electrons. The van der Waals surface area contributed by atoms with Crippen LogP contribution in [0, 0.1) is 5.92 Å². The lowest BCUT2D eigenvalue weighted by Gasteiger charge is -2.20. The van der Waals surface area contributed by atoms with E-state index >= 15 is 0 Å². The summed E-state index contributed by atoms with van der Waals surface area (Å²) in [7, 11) is 2.65. The van der Waals surface area contributed by atoms with Gasteiger partial charge in [-0.3, -0.25) is 4.79 Å². The molecule has 1 aliphatic rings. The first-order valence-electron chi connectivity index (χ1n) is 8.11.